The molecule has 0 saturated heterocycles. The molecule has 0 aliphatic rings. The lowest BCUT2D eigenvalue weighted by molar-refractivity contribution is -0.120. The molecular formula is C20H20FN3O3S3. The van der Waals surface area contributed by atoms with E-state index in [2.05, 4.69) is 10.3 Å². The predicted octanol–water partition coefficient (Wildman–Crippen LogP) is 3.12. The van der Waals surface area contributed by atoms with Crippen LogP contribution in [0.5, 0.6) is 0 Å². The molecule has 0 fully saturated rings. The Morgan fingerprint density at radius 2 is 1.90 bits per heavy atom. The number of carbonyl (C=O) groups excluding carboxylic acids is 1. The number of rotatable bonds is 9. The van der Waals surface area contributed by atoms with Crippen molar-refractivity contribution in [3.63, 3.8) is 0 Å². The standard InChI is InChI=1S/C20H20FN3O3S3/c21-18-4-2-1-3-15(18)12-28-20-24-16(13-29-20)11-19(25)23-10-9-14-5-7-17(8-6-14)30(22,26)27/h1-8,13H,9-12H2,(H,23,25)(H2,22,26,27). The van der Waals surface area contributed by atoms with Gasteiger partial charge in [0.05, 0.1) is 17.0 Å². The molecule has 1 aromatic heterocycles. The van der Waals surface area contributed by atoms with Crippen molar-refractivity contribution < 1.29 is 17.6 Å². The van der Waals surface area contributed by atoms with Gasteiger partial charge in [0.25, 0.3) is 0 Å². The molecule has 10 heteroatoms. The van der Waals surface area contributed by atoms with Crippen molar-refractivity contribution in [2.24, 2.45) is 5.14 Å². The molecule has 0 unspecified atom stereocenters. The average molecular weight is 466 g/mol. The number of halogens is 1. The normalized spacial score (nSPS) is 11.4. The number of primary sulfonamides is 1. The van der Waals surface area contributed by atoms with Crippen LogP contribution in [0.4, 0.5) is 4.39 Å². The highest BCUT2D eigenvalue weighted by Gasteiger charge is 2.10. The van der Waals surface area contributed by atoms with Crippen molar-refractivity contribution in [3.05, 3.63) is 76.5 Å². The minimum absolute atomic E-state index is 0.0579. The van der Waals surface area contributed by atoms with Gasteiger partial charge in [-0.05, 0) is 35.7 Å². The van der Waals surface area contributed by atoms with Gasteiger partial charge in [0.2, 0.25) is 15.9 Å². The summed E-state index contributed by atoms with van der Waals surface area (Å²) in [6, 6.07) is 12.9. The highest BCUT2D eigenvalue weighted by molar-refractivity contribution is 8.00. The minimum Gasteiger partial charge on any atom is -0.355 e. The van der Waals surface area contributed by atoms with E-state index in [0.29, 0.717) is 30.0 Å². The van der Waals surface area contributed by atoms with E-state index in [9.17, 15) is 17.6 Å². The Hall–Kier alpha value is -2.27. The zero-order valence-electron chi connectivity index (χ0n) is 15.9. The molecule has 6 nitrogen and oxygen atoms in total. The number of thiazole rings is 1. The monoisotopic (exact) mass is 465 g/mol. The fourth-order valence-electron chi connectivity index (χ4n) is 2.61. The lowest BCUT2D eigenvalue weighted by Crippen LogP contribution is -2.27. The van der Waals surface area contributed by atoms with Gasteiger partial charge in [-0.1, -0.05) is 42.1 Å². The van der Waals surface area contributed by atoms with Crippen molar-refractivity contribution in [3.8, 4) is 0 Å². The number of carbonyl (C=O) groups is 1. The SMILES string of the molecule is NS(=O)(=O)c1ccc(CCNC(=O)Cc2csc(SCc3ccccc3F)n2)cc1. The van der Waals surface area contributed by atoms with Crippen LogP contribution in [0.3, 0.4) is 0 Å². The van der Waals surface area contributed by atoms with Gasteiger partial charge in [-0.3, -0.25) is 4.79 Å². The second-order valence-electron chi connectivity index (χ2n) is 6.45. The number of amides is 1. The summed E-state index contributed by atoms with van der Waals surface area (Å²) < 4.78 is 37.0. The van der Waals surface area contributed by atoms with Crippen molar-refractivity contribution in [2.75, 3.05) is 6.54 Å². The topological polar surface area (TPSA) is 102 Å². The molecule has 1 amide bonds. The Labute approximate surface area is 182 Å². The van der Waals surface area contributed by atoms with Gasteiger partial charge in [-0.25, -0.2) is 22.9 Å². The summed E-state index contributed by atoms with van der Waals surface area (Å²) in [6.07, 6.45) is 0.735. The summed E-state index contributed by atoms with van der Waals surface area (Å²) in [5.74, 6) is 0.100. The number of sulfonamides is 1. The molecule has 0 spiro atoms. The van der Waals surface area contributed by atoms with Crippen molar-refractivity contribution >= 4 is 39.0 Å². The van der Waals surface area contributed by atoms with Crippen LogP contribution < -0.4 is 10.5 Å². The van der Waals surface area contributed by atoms with E-state index in [-0.39, 0.29) is 23.0 Å². The highest BCUT2D eigenvalue weighted by atomic mass is 32.2. The Morgan fingerprint density at radius 3 is 2.60 bits per heavy atom. The van der Waals surface area contributed by atoms with E-state index in [1.165, 1.54) is 41.3 Å². The lowest BCUT2D eigenvalue weighted by Gasteiger charge is -2.05. The first kappa shape index (κ1) is 22.4. The van der Waals surface area contributed by atoms with Crippen molar-refractivity contribution in [1.29, 1.82) is 0 Å². The van der Waals surface area contributed by atoms with Gasteiger partial charge in [-0.2, -0.15) is 0 Å². The second-order valence-corrected chi connectivity index (χ2v) is 10.1. The summed E-state index contributed by atoms with van der Waals surface area (Å²) in [7, 11) is -3.70. The van der Waals surface area contributed by atoms with Gasteiger partial charge in [-0.15, -0.1) is 11.3 Å². The molecule has 3 rings (SSSR count). The molecular weight excluding hydrogens is 445 g/mol. The summed E-state index contributed by atoms with van der Waals surface area (Å²) in [5, 5.41) is 9.72. The van der Waals surface area contributed by atoms with Crippen LogP contribution in [0, 0.1) is 5.82 Å². The van der Waals surface area contributed by atoms with Crippen LogP contribution in [0.1, 0.15) is 16.8 Å². The van der Waals surface area contributed by atoms with Crippen molar-refractivity contribution in [2.45, 2.75) is 27.8 Å². The number of benzene rings is 2. The summed E-state index contributed by atoms with van der Waals surface area (Å²) in [6.45, 7) is 0.423. The minimum atomic E-state index is -3.70. The Kier molecular flexibility index (Phi) is 7.59. The van der Waals surface area contributed by atoms with Gasteiger partial charge < -0.3 is 5.32 Å². The zero-order chi connectivity index (χ0) is 21.6. The third-order valence-electron chi connectivity index (χ3n) is 4.17. The first-order chi connectivity index (χ1) is 14.3. The third-order valence-corrected chi connectivity index (χ3v) is 7.22. The first-order valence-corrected chi connectivity index (χ1v) is 12.4. The molecule has 30 heavy (non-hydrogen) atoms. The first-order valence-electron chi connectivity index (χ1n) is 9.00. The molecule has 0 bridgehead atoms. The fourth-order valence-corrected chi connectivity index (χ4v) is 4.96. The molecule has 0 aliphatic carbocycles. The fraction of sp³-hybridized carbons (Fsp3) is 0.200. The van der Waals surface area contributed by atoms with Crippen LogP contribution in [-0.2, 0) is 33.4 Å². The van der Waals surface area contributed by atoms with Crippen LogP contribution >= 0.6 is 23.1 Å². The lowest BCUT2D eigenvalue weighted by atomic mass is 10.1. The number of hydrogen-bond donors (Lipinski definition) is 2. The Morgan fingerprint density at radius 1 is 1.17 bits per heavy atom. The molecule has 3 N–H and O–H groups in total. The van der Waals surface area contributed by atoms with Crippen LogP contribution in [0.2, 0.25) is 0 Å². The Balaban J connectivity index is 1.42. The maximum Gasteiger partial charge on any atom is 0.238 e. The summed E-state index contributed by atoms with van der Waals surface area (Å²) in [4.78, 5) is 16.6. The molecule has 0 atom stereocenters. The van der Waals surface area contributed by atoms with Gasteiger partial charge in [0, 0.05) is 17.7 Å². The van der Waals surface area contributed by atoms with Gasteiger partial charge in [0.1, 0.15) is 10.2 Å². The molecule has 0 aliphatic heterocycles. The van der Waals surface area contributed by atoms with Crippen LogP contribution in [0.25, 0.3) is 0 Å². The predicted molar refractivity (Wildman–Crippen MR) is 116 cm³/mol. The molecule has 1 heterocycles. The van der Waals surface area contributed by atoms with E-state index < -0.39 is 10.0 Å². The molecule has 158 valence electrons. The molecule has 2 aromatic carbocycles. The quantitative estimate of drug-likeness (QED) is 0.473. The number of aromatic nitrogens is 1. The van der Waals surface area contributed by atoms with Gasteiger partial charge in [0.15, 0.2) is 0 Å². The number of thioether (sulfide) groups is 1. The smallest absolute Gasteiger partial charge is 0.238 e. The highest BCUT2D eigenvalue weighted by Crippen LogP contribution is 2.27. The largest absolute Gasteiger partial charge is 0.355 e. The zero-order valence-corrected chi connectivity index (χ0v) is 18.3. The maximum atomic E-state index is 13.7. The summed E-state index contributed by atoms with van der Waals surface area (Å²) >= 11 is 2.87. The van der Waals surface area contributed by atoms with Crippen LogP contribution in [0.15, 0.2) is 63.1 Å². The van der Waals surface area contributed by atoms with E-state index in [4.69, 9.17) is 5.14 Å². The van der Waals surface area contributed by atoms with E-state index >= 15 is 0 Å². The number of nitrogens with zero attached hydrogens (tertiary/aromatic N) is 1. The van der Waals surface area contributed by atoms with Crippen molar-refractivity contribution in [1.82, 2.24) is 10.3 Å². The second kappa shape index (κ2) is 10.2. The number of hydrogen-bond acceptors (Lipinski definition) is 6. The Bertz CT molecular complexity index is 1120. The van der Waals surface area contributed by atoms with E-state index in [1.807, 2.05) is 5.38 Å². The van der Waals surface area contributed by atoms with Gasteiger partial charge >= 0.3 is 0 Å². The molecule has 0 saturated carbocycles. The maximum absolute atomic E-state index is 13.7. The number of nitrogens with two attached hydrogens (primary N) is 1. The third kappa shape index (κ3) is 6.63. The van der Waals surface area contributed by atoms with E-state index in [1.54, 1.807) is 30.3 Å². The molecule has 0 radical (unpaired) electrons. The van der Waals surface area contributed by atoms with Crippen LogP contribution in [-0.4, -0.2) is 25.9 Å². The summed E-state index contributed by atoms with van der Waals surface area (Å²) in [5.41, 5.74) is 2.18. The number of nitrogens with one attached hydrogen (secondary N) is 1. The average Bonchev–Trinajstić information content (AvgIpc) is 3.14. The molecule has 3 aromatic rings. The van der Waals surface area contributed by atoms with E-state index in [0.717, 1.165) is 9.90 Å².